The van der Waals surface area contributed by atoms with Crippen molar-refractivity contribution in [1.82, 2.24) is 10.2 Å². The molecule has 2 rings (SSSR count). The van der Waals surface area contributed by atoms with Gasteiger partial charge in [0, 0.05) is 39.1 Å². The summed E-state index contributed by atoms with van der Waals surface area (Å²) in [4.78, 5) is 26.5. The number of rotatable bonds is 7. The number of ether oxygens (including phenoxy) is 2. The third-order valence-electron chi connectivity index (χ3n) is 4.44. The fourth-order valence-electron chi connectivity index (χ4n) is 3.11. The average molecular weight is 334 g/mol. The smallest absolute Gasteiger partial charge is 0.225 e. The maximum absolute atomic E-state index is 12.6. The van der Waals surface area contributed by atoms with Crippen molar-refractivity contribution in [3.05, 3.63) is 29.8 Å². The first kappa shape index (κ1) is 18.3. The summed E-state index contributed by atoms with van der Waals surface area (Å²) >= 11 is 0. The third-order valence-corrected chi connectivity index (χ3v) is 4.44. The maximum Gasteiger partial charge on any atom is 0.225 e. The molecule has 24 heavy (non-hydrogen) atoms. The van der Waals surface area contributed by atoms with E-state index in [4.69, 9.17) is 9.47 Å². The highest BCUT2D eigenvalue weighted by Gasteiger charge is 2.39. The number of carbonyl (C=O) groups is 2. The van der Waals surface area contributed by atoms with Crippen LogP contribution in [0.1, 0.15) is 24.8 Å². The first-order valence-electron chi connectivity index (χ1n) is 8.29. The first-order valence-corrected chi connectivity index (χ1v) is 8.29. The predicted molar refractivity (Wildman–Crippen MR) is 91.0 cm³/mol. The van der Waals surface area contributed by atoms with Crippen LogP contribution in [0.4, 0.5) is 0 Å². The highest BCUT2D eigenvalue weighted by Crippen LogP contribution is 2.34. The minimum absolute atomic E-state index is 0.0295. The topological polar surface area (TPSA) is 67.9 Å². The van der Waals surface area contributed by atoms with E-state index in [-0.39, 0.29) is 23.7 Å². The summed E-state index contributed by atoms with van der Waals surface area (Å²) in [6.07, 6.45) is 0.447. The van der Waals surface area contributed by atoms with Crippen LogP contribution in [-0.4, -0.2) is 57.2 Å². The van der Waals surface area contributed by atoms with Crippen LogP contribution in [0, 0.1) is 5.92 Å². The Morgan fingerprint density at radius 1 is 1.29 bits per heavy atom. The van der Waals surface area contributed by atoms with Crippen LogP contribution in [0.2, 0.25) is 0 Å². The molecule has 0 spiro atoms. The fourth-order valence-corrected chi connectivity index (χ4v) is 3.11. The molecule has 1 aromatic rings. The van der Waals surface area contributed by atoms with Gasteiger partial charge in [0.15, 0.2) is 0 Å². The minimum atomic E-state index is -0.260. The Morgan fingerprint density at radius 3 is 2.75 bits per heavy atom. The number of nitrogens with one attached hydrogen (secondary N) is 1. The molecule has 1 fully saturated rings. The van der Waals surface area contributed by atoms with Gasteiger partial charge in [0.1, 0.15) is 5.75 Å². The van der Waals surface area contributed by atoms with Crippen molar-refractivity contribution in [3.8, 4) is 5.75 Å². The van der Waals surface area contributed by atoms with Crippen LogP contribution < -0.4 is 10.1 Å². The Balaban J connectivity index is 2.19. The van der Waals surface area contributed by atoms with Crippen molar-refractivity contribution in [1.29, 1.82) is 0 Å². The van der Waals surface area contributed by atoms with Crippen molar-refractivity contribution in [2.75, 3.05) is 40.5 Å². The number of nitrogens with zero attached hydrogens (tertiary/aromatic N) is 1. The molecule has 132 valence electrons. The van der Waals surface area contributed by atoms with Gasteiger partial charge in [0.25, 0.3) is 0 Å². The van der Waals surface area contributed by atoms with Crippen molar-refractivity contribution in [2.45, 2.75) is 19.3 Å². The lowest BCUT2D eigenvalue weighted by molar-refractivity contribution is -0.130. The van der Waals surface area contributed by atoms with Crippen LogP contribution in [0.3, 0.4) is 0 Å². The van der Waals surface area contributed by atoms with Crippen LogP contribution >= 0.6 is 0 Å². The molecule has 1 N–H and O–H groups in total. The second kappa shape index (κ2) is 8.68. The summed E-state index contributed by atoms with van der Waals surface area (Å²) in [5.74, 6) is 0.510. The molecule has 1 heterocycles. The second-order valence-electron chi connectivity index (χ2n) is 5.93. The number of likely N-dealkylation sites (tertiary alicyclic amines) is 1. The molecule has 0 saturated carbocycles. The summed E-state index contributed by atoms with van der Waals surface area (Å²) < 4.78 is 10.3. The van der Waals surface area contributed by atoms with Crippen molar-refractivity contribution in [2.24, 2.45) is 5.92 Å². The number of carbonyl (C=O) groups excluding carboxylic acids is 2. The zero-order valence-electron chi connectivity index (χ0n) is 14.6. The molecule has 6 heteroatoms. The van der Waals surface area contributed by atoms with Gasteiger partial charge in [-0.1, -0.05) is 19.1 Å². The number of methoxy groups -OCH3 is 2. The zero-order chi connectivity index (χ0) is 17.5. The maximum atomic E-state index is 12.6. The van der Waals surface area contributed by atoms with Gasteiger partial charge in [-0.3, -0.25) is 9.59 Å². The molecule has 6 nitrogen and oxygen atoms in total. The van der Waals surface area contributed by atoms with E-state index in [1.54, 1.807) is 19.1 Å². The third kappa shape index (κ3) is 4.26. The SMILES string of the molecule is CCC(=O)N1CC(C(=O)NCCOC)C(c2cccc(OC)c2)C1. The Morgan fingerprint density at radius 2 is 2.08 bits per heavy atom. The van der Waals surface area contributed by atoms with E-state index in [0.717, 1.165) is 11.3 Å². The Labute approximate surface area is 143 Å². The largest absolute Gasteiger partial charge is 0.497 e. The van der Waals surface area contributed by atoms with Gasteiger partial charge in [0.2, 0.25) is 11.8 Å². The molecule has 0 aromatic heterocycles. The van der Waals surface area contributed by atoms with E-state index < -0.39 is 0 Å². The standard InChI is InChI=1S/C18H26N2O4/c1-4-17(21)20-11-15(13-6-5-7-14(10-13)24-3)16(12-20)18(22)19-8-9-23-2/h5-7,10,15-16H,4,8-9,11-12H2,1-3H3,(H,19,22). The van der Waals surface area contributed by atoms with Gasteiger partial charge in [-0.2, -0.15) is 0 Å². The molecule has 0 bridgehead atoms. The molecule has 2 amide bonds. The van der Waals surface area contributed by atoms with Crippen LogP contribution in [0.5, 0.6) is 5.75 Å². The quantitative estimate of drug-likeness (QED) is 0.766. The molecule has 2 atom stereocenters. The first-order chi connectivity index (χ1) is 11.6. The number of amides is 2. The van der Waals surface area contributed by atoms with Crippen LogP contribution in [0.25, 0.3) is 0 Å². The van der Waals surface area contributed by atoms with Crippen LogP contribution in [0.15, 0.2) is 24.3 Å². The highest BCUT2D eigenvalue weighted by molar-refractivity contribution is 5.83. The van der Waals surface area contributed by atoms with Gasteiger partial charge in [-0.05, 0) is 17.7 Å². The predicted octanol–water partition coefficient (Wildman–Crippen LogP) is 1.41. The van der Waals surface area contributed by atoms with Gasteiger partial charge in [-0.25, -0.2) is 0 Å². The van der Waals surface area contributed by atoms with Gasteiger partial charge >= 0.3 is 0 Å². The van der Waals surface area contributed by atoms with E-state index in [9.17, 15) is 9.59 Å². The average Bonchev–Trinajstić information content (AvgIpc) is 3.06. The molecule has 0 aliphatic carbocycles. The summed E-state index contributed by atoms with van der Waals surface area (Å²) in [6, 6.07) is 7.72. The van der Waals surface area contributed by atoms with E-state index in [1.807, 2.05) is 31.2 Å². The Kier molecular flexibility index (Phi) is 6.61. The van der Waals surface area contributed by atoms with Gasteiger partial charge in [-0.15, -0.1) is 0 Å². The van der Waals surface area contributed by atoms with E-state index in [1.165, 1.54) is 0 Å². The van der Waals surface area contributed by atoms with Crippen molar-refractivity contribution in [3.63, 3.8) is 0 Å². The lowest BCUT2D eigenvalue weighted by Gasteiger charge is -2.18. The summed E-state index contributed by atoms with van der Waals surface area (Å²) in [5, 5.41) is 2.90. The molecule has 1 aliphatic rings. The van der Waals surface area contributed by atoms with Crippen LogP contribution in [-0.2, 0) is 14.3 Å². The highest BCUT2D eigenvalue weighted by atomic mass is 16.5. The Hall–Kier alpha value is -2.08. The molecule has 1 saturated heterocycles. The lowest BCUT2D eigenvalue weighted by Crippen LogP contribution is -2.37. The summed E-state index contributed by atoms with van der Waals surface area (Å²) in [7, 11) is 3.22. The molecule has 2 unspecified atom stereocenters. The molecule has 0 radical (unpaired) electrons. The van der Waals surface area contributed by atoms with E-state index >= 15 is 0 Å². The van der Waals surface area contributed by atoms with Gasteiger partial charge < -0.3 is 19.7 Å². The zero-order valence-corrected chi connectivity index (χ0v) is 14.6. The number of hydrogen-bond acceptors (Lipinski definition) is 4. The van der Waals surface area contributed by atoms with Crippen molar-refractivity contribution >= 4 is 11.8 Å². The fraction of sp³-hybridized carbons (Fsp3) is 0.556. The van der Waals surface area contributed by atoms with E-state index in [2.05, 4.69) is 5.32 Å². The molecular formula is C18H26N2O4. The molecule has 1 aromatic carbocycles. The van der Waals surface area contributed by atoms with Crippen molar-refractivity contribution < 1.29 is 19.1 Å². The monoisotopic (exact) mass is 334 g/mol. The van der Waals surface area contributed by atoms with E-state index in [0.29, 0.717) is 32.7 Å². The Bertz CT molecular complexity index is 576. The molecule has 1 aliphatic heterocycles. The minimum Gasteiger partial charge on any atom is -0.497 e. The molecular weight excluding hydrogens is 308 g/mol. The second-order valence-corrected chi connectivity index (χ2v) is 5.93. The summed E-state index contributed by atoms with van der Waals surface area (Å²) in [6.45, 7) is 3.79. The lowest BCUT2D eigenvalue weighted by atomic mass is 9.88. The number of hydrogen-bond donors (Lipinski definition) is 1. The van der Waals surface area contributed by atoms with Gasteiger partial charge in [0.05, 0.1) is 19.6 Å². The number of benzene rings is 1. The normalized spacial score (nSPS) is 20.0. The summed E-state index contributed by atoms with van der Waals surface area (Å²) in [5.41, 5.74) is 1.02.